The van der Waals surface area contributed by atoms with Crippen molar-refractivity contribution >= 4 is 47.6 Å². The summed E-state index contributed by atoms with van der Waals surface area (Å²) in [6, 6.07) is 29.6. The zero-order chi connectivity index (χ0) is 57.0. The van der Waals surface area contributed by atoms with Crippen molar-refractivity contribution in [2.75, 3.05) is 19.8 Å². The fourth-order valence-corrected chi connectivity index (χ4v) is 12.9. The van der Waals surface area contributed by atoms with E-state index in [-0.39, 0.29) is 36.7 Å². The smallest absolute Gasteiger partial charge is 0.408 e. The third kappa shape index (κ3) is 10.2. The lowest BCUT2D eigenvalue weighted by molar-refractivity contribution is -0.350. The molecule has 1 heterocycles. The molecule has 0 spiro atoms. The number of benzene rings is 4. The first-order valence-electron chi connectivity index (χ1n) is 26.4. The van der Waals surface area contributed by atoms with Crippen molar-refractivity contribution in [2.45, 2.75) is 128 Å². The van der Waals surface area contributed by atoms with Gasteiger partial charge in [0.1, 0.15) is 48.7 Å². The van der Waals surface area contributed by atoms with Gasteiger partial charge in [0, 0.05) is 42.9 Å². The first-order valence-corrected chi connectivity index (χ1v) is 26.4. The van der Waals surface area contributed by atoms with Crippen LogP contribution in [0.25, 0.3) is 11.1 Å². The Balaban J connectivity index is 1.06. The van der Waals surface area contributed by atoms with Crippen molar-refractivity contribution in [1.29, 1.82) is 0 Å². The van der Waals surface area contributed by atoms with Crippen molar-refractivity contribution in [3.05, 3.63) is 131 Å². The van der Waals surface area contributed by atoms with E-state index < -0.39 is 143 Å². The third-order valence-electron chi connectivity index (χ3n) is 16.8. The van der Waals surface area contributed by atoms with Crippen LogP contribution in [0.5, 0.6) is 0 Å². The summed E-state index contributed by atoms with van der Waals surface area (Å²) >= 11 is 0. The molecule has 4 fully saturated rings. The number of carbonyl (C=O) groups excluding carboxylic acids is 8. The van der Waals surface area contributed by atoms with Gasteiger partial charge < -0.3 is 54.0 Å². The van der Waals surface area contributed by atoms with E-state index in [0.717, 1.165) is 29.2 Å². The molecule has 2 amide bonds. The first kappa shape index (κ1) is 56.2. The summed E-state index contributed by atoms with van der Waals surface area (Å²) in [7, 11) is 0. The summed E-state index contributed by atoms with van der Waals surface area (Å²) in [5, 5.41) is 30.9. The first-order chi connectivity index (χ1) is 37.3. The molecule has 418 valence electrons. The molecule has 4 aromatic rings. The number of hydrogen-bond donors (Lipinski definition) is 4. The molecule has 2 bridgehead atoms. The number of carbonyl (C=O) groups is 8. The molecule has 4 aromatic carbocycles. The van der Waals surface area contributed by atoms with Crippen molar-refractivity contribution in [2.24, 2.45) is 28.6 Å². The van der Waals surface area contributed by atoms with Crippen LogP contribution in [0, 0.1) is 28.6 Å². The van der Waals surface area contributed by atoms with E-state index in [1.165, 1.54) is 39.8 Å². The third-order valence-corrected chi connectivity index (χ3v) is 16.8. The van der Waals surface area contributed by atoms with Crippen LogP contribution < -0.4 is 10.6 Å². The minimum Gasteiger partial charge on any atom is -0.459 e. The Bertz CT molecular complexity index is 3000. The number of fused-ring (bicyclic) bond motifs is 8. The van der Waals surface area contributed by atoms with Gasteiger partial charge in [0.25, 0.3) is 0 Å². The summed E-state index contributed by atoms with van der Waals surface area (Å²) in [5.74, 6) is -11.1. The van der Waals surface area contributed by atoms with E-state index in [1.54, 1.807) is 69.3 Å². The van der Waals surface area contributed by atoms with Crippen LogP contribution in [0.2, 0.25) is 0 Å². The van der Waals surface area contributed by atoms with E-state index in [2.05, 4.69) is 10.6 Å². The molecule has 9 rings (SSSR count). The molecule has 3 unspecified atom stereocenters. The Labute approximate surface area is 456 Å². The zero-order valence-electron chi connectivity index (χ0n) is 45.2. The van der Waals surface area contributed by atoms with E-state index in [0.29, 0.717) is 0 Å². The molecule has 19 nitrogen and oxygen atoms in total. The monoisotopic (exact) mass is 1090 g/mol. The highest BCUT2D eigenvalue weighted by Crippen LogP contribution is 2.64. The van der Waals surface area contributed by atoms with Crippen LogP contribution >= 0.6 is 0 Å². The Morgan fingerprint density at radius 1 is 0.810 bits per heavy atom. The van der Waals surface area contributed by atoms with Gasteiger partial charge in [0.15, 0.2) is 5.60 Å². The topological polar surface area (TPSA) is 266 Å². The van der Waals surface area contributed by atoms with Gasteiger partial charge in [0.2, 0.25) is 17.7 Å². The number of aliphatic hydroxyl groups excluding tert-OH is 1. The van der Waals surface area contributed by atoms with Gasteiger partial charge in [-0.25, -0.2) is 19.2 Å². The maximum absolute atomic E-state index is 15.3. The molecule has 4 N–H and O–H groups in total. The molecule has 3 saturated carbocycles. The average Bonchev–Trinajstić information content (AvgIpc) is 2.06. The summed E-state index contributed by atoms with van der Waals surface area (Å²) in [4.78, 5) is 114. The van der Waals surface area contributed by atoms with Crippen LogP contribution in [0.4, 0.5) is 9.59 Å². The number of rotatable bonds is 13. The molecule has 1 aliphatic heterocycles. The van der Waals surface area contributed by atoms with E-state index in [1.807, 2.05) is 48.5 Å². The van der Waals surface area contributed by atoms with Gasteiger partial charge in [-0.05, 0) is 67.6 Å². The van der Waals surface area contributed by atoms with Crippen LogP contribution in [0.1, 0.15) is 107 Å². The van der Waals surface area contributed by atoms with Crippen LogP contribution in [0.3, 0.4) is 0 Å². The van der Waals surface area contributed by atoms with Crippen molar-refractivity contribution in [1.82, 2.24) is 10.6 Å². The molecule has 5 aliphatic rings. The molecule has 4 aliphatic carbocycles. The summed E-state index contributed by atoms with van der Waals surface area (Å²) in [6.07, 6.45) is -11.2. The van der Waals surface area contributed by atoms with Crippen LogP contribution in [0.15, 0.2) is 109 Å². The lowest BCUT2D eigenvalue weighted by Crippen LogP contribution is -2.82. The van der Waals surface area contributed by atoms with Gasteiger partial charge in [-0.1, -0.05) is 118 Å². The normalized spacial score (nSPS) is 29.1. The quantitative estimate of drug-likeness (QED) is 0.0633. The number of hydrogen-bond acceptors (Lipinski definition) is 17. The molecule has 0 aromatic heterocycles. The predicted molar refractivity (Wildman–Crippen MR) is 280 cm³/mol. The minimum atomic E-state index is -2.49. The number of amides is 2. The molecule has 12 atom stereocenters. The van der Waals surface area contributed by atoms with E-state index in [9.17, 15) is 34.2 Å². The Kier molecular flexibility index (Phi) is 15.2. The fourth-order valence-electron chi connectivity index (χ4n) is 12.9. The van der Waals surface area contributed by atoms with Gasteiger partial charge in [-0.15, -0.1) is 0 Å². The van der Waals surface area contributed by atoms with Gasteiger partial charge in [-0.3, -0.25) is 19.2 Å². The summed E-state index contributed by atoms with van der Waals surface area (Å²) in [6.45, 7) is 10.6. The second kappa shape index (κ2) is 21.3. The average molecular weight is 1090 g/mol. The largest absolute Gasteiger partial charge is 0.459 e. The minimum absolute atomic E-state index is 0.0281. The number of aliphatic hydroxyl groups is 2. The highest BCUT2D eigenvalue weighted by atomic mass is 16.6. The maximum Gasteiger partial charge on any atom is 0.408 e. The SMILES string of the molecule is CC(=O)O[C@@]12CO[C@@H]1C[C@H](O)[C@@]1(C)C(=O)C(=O)C3C(C)[C@@H](OC(=O)[C@H](OC(=O)CNC(=O)OCC4c5ccccc5-c5ccccc54)[C@@H](NC(=O)OC(C)(C)C)c4ccccc4)C[C@@](O)([C@@H](OC(=O)c4ccccc4)C12)C3(C)C. The number of esters is 4. The Hall–Kier alpha value is -7.48. The molecule has 79 heavy (non-hydrogen) atoms. The second-order valence-corrected chi connectivity index (χ2v) is 23.0. The zero-order valence-corrected chi connectivity index (χ0v) is 45.2. The highest BCUT2D eigenvalue weighted by Gasteiger charge is 2.79. The van der Waals surface area contributed by atoms with Crippen molar-refractivity contribution < 1.29 is 81.7 Å². The molecular weight excluding hydrogens is 1020 g/mol. The Morgan fingerprint density at radius 3 is 1.99 bits per heavy atom. The van der Waals surface area contributed by atoms with Crippen LogP contribution in [-0.4, -0.2) is 125 Å². The maximum atomic E-state index is 15.3. The van der Waals surface area contributed by atoms with Gasteiger partial charge in [-0.2, -0.15) is 0 Å². The van der Waals surface area contributed by atoms with Crippen LogP contribution in [-0.2, 0) is 57.1 Å². The highest BCUT2D eigenvalue weighted by molar-refractivity contribution is 6.40. The standard InChI is InChI=1S/C60H66N2O17/c1-32-41(28-60(72)51(77-52(68)35-21-13-10-14-22-35)49-58(8,50(67)47(66)45(32)57(60,6)7)42(64)27-43-59(49,31-74-43)78-33(2)63)75-53(69)48(46(34-19-11-9-12-20-34)62-55(71)79-56(3,4)5)76-44(65)29-61-54(70)73-30-40-38-25-17-15-23-36(38)37-24-16-18-26-39(37)40/h9-26,32,40-43,45-46,48-49,51,64,72H,27-31H2,1-8H3,(H,61,70)(H,62,71)/t32?,41-,42-,43+,45?,46-,48+,49?,51-,58+,59-,60+/m0/s1. The Morgan fingerprint density at radius 2 is 1.41 bits per heavy atom. The lowest BCUT2D eigenvalue weighted by Gasteiger charge is -2.67. The fraction of sp³-hybridized carbons (Fsp3) is 0.467. The molecular formula is C60H66N2O17. The van der Waals surface area contributed by atoms with Gasteiger partial charge >= 0.3 is 36.1 Å². The number of Topliss-reactive ketones (excluding diaryl/α,β-unsaturated/α-hetero) is 2. The molecule has 0 radical (unpaired) electrons. The number of ether oxygens (including phenoxy) is 7. The van der Waals surface area contributed by atoms with E-state index >= 15 is 14.4 Å². The molecule has 1 saturated heterocycles. The number of ketones is 2. The second-order valence-electron chi connectivity index (χ2n) is 23.0. The lowest BCUT2D eigenvalue weighted by atomic mass is 9.42. The van der Waals surface area contributed by atoms with E-state index in [4.69, 9.17) is 33.2 Å². The predicted octanol–water partition coefficient (Wildman–Crippen LogP) is 6.49. The van der Waals surface area contributed by atoms with Crippen molar-refractivity contribution in [3.8, 4) is 11.1 Å². The molecule has 19 heteroatoms. The van der Waals surface area contributed by atoms with Gasteiger partial charge in [0.05, 0.1) is 29.6 Å². The summed E-state index contributed by atoms with van der Waals surface area (Å²) in [5.41, 5.74) is -5.09. The van der Waals surface area contributed by atoms with Crippen molar-refractivity contribution in [3.63, 3.8) is 0 Å². The number of alkyl carbamates (subject to hydrolysis) is 2. The summed E-state index contributed by atoms with van der Waals surface area (Å²) < 4.78 is 41.8. The number of nitrogens with one attached hydrogen (secondary N) is 2.